The van der Waals surface area contributed by atoms with Crippen molar-refractivity contribution in [1.82, 2.24) is 4.98 Å². The van der Waals surface area contributed by atoms with E-state index in [-0.39, 0.29) is 18.6 Å². The molecule has 102 valence electrons. The van der Waals surface area contributed by atoms with Gasteiger partial charge in [0.1, 0.15) is 5.82 Å². The van der Waals surface area contributed by atoms with Crippen LogP contribution in [-0.4, -0.2) is 28.6 Å². The van der Waals surface area contributed by atoms with Crippen LogP contribution < -0.4 is 5.32 Å². The van der Waals surface area contributed by atoms with Crippen molar-refractivity contribution in [2.75, 3.05) is 11.9 Å². The molecule has 0 spiro atoms. The highest BCUT2D eigenvalue weighted by Crippen LogP contribution is 2.11. The molecule has 0 atom stereocenters. The highest BCUT2D eigenvalue weighted by Gasteiger charge is 2.13. The van der Waals surface area contributed by atoms with Gasteiger partial charge < -0.3 is 15.2 Å². The number of aryl methyl sites for hydroxylation is 1. The molecule has 0 saturated carbocycles. The number of carboxylic acids is 1. The molecule has 0 unspecified atom stereocenters. The lowest BCUT2D eigenvalue weighted by Gasteiger charge is -2.06. The fourth-order valence-corrected chi connectivity index (χ4v) is 1.35. The lowest BCUT2D eigenvalue weighted by Crippen LogP contribution is -2.12. The van der Waals surface area contributed by atoms with Crippen LogP contribution >= 0.6 is 0 Å². The van der Waals surface area contributed by atoms with Crippen molar-refractivity contribution in [3.8, 4) is 0 Å². The maximum Gasteiger partial charge on any atom is 0.333 e. The maximum atomic E-state index is 11.3. The number of carbonyl (C=O) groups excluding carboxylic acids is 1. The van der Waals surface area contributed by atoms with Gasteiger partial charge in [0.2, 0.25) is 0 Å². The van der Waals surface area contributed by atoms with E-state index in [0.717, 1.165) is 5.56 Å². The van der Waals surface area contributed by atoms with Gasteiger partial charge in [-0.25, -0.2) is 9.78 Å². The predicted molar refractivity (Wildman–Crippen MR) is 69.6 cm³/mol. The molecule has 0 aromatic carbocycles. The van der Waals surface area contributed by atoms with E-state index in [0.29, 0.717) is 5.82 Å². The van der Waals surface area contributed by atoms with Crippen LogP contribution in [0.25, 0.3) is 0 Å². The Balaban J connectivity index is 2.77. The Morgan fingerprint density at radius 3 is 2.84 bits per heavy atom. The molecule has 1 aromatic heterocycles. The van der Waals surface area contributed by atoms with E-state index < -0.39 is 11.9 Å². The van der Waals surface area contributed by atoms with E-state index in [4.69, 9.17) is 9.84 Å². The fourth-order valence-electron chi connectivity index (χ4n) is 1.35. The summed E-state index contributed by atoms with van der Waals surface area (Å²) in [7, 11) is 0. The quantitative estimate of drug-likeness (QED) is 0.601. The summed E-state index contributed by atoms with van der Waals surface area (Å²) in [5.74, 6) is -1.20. The Morgan fingerprint density at radius 2 is 2.26 bits per heavy atom. The Bertz CT molecular complexity index is 497. The maximum absolute atomic E-state index is 11.3. The van der Waals surface area contributed by atoms with Gasteiger partial charge >= 0.3 is 11.9 Å². The van der Waals surface area contributed by atoms with E-state index in [9.17, 15) is 9.59 Å². The summed E-state index contributed by atoms with van der Waals surface area (Å²) in [5.41, 5.74) is 0.795. The van der Waals surface area contributed by atoms with E-state index >= 15 is 0 Å². The molecule has 0 fully saturated rings. The number of anilines is 1. The number of carbonyl (C=O) groups is 2. The Kier molecular flexibility index (Phi) is 5.53. The summed E-state index contributed by atoms with van der Waals surface area (Å²) >= 11 is 0. The lowest BCUT2D eigenvalue weighted by molar-refractivity contribution is -0.144. The first-order valence-corrected chi connectivity index (χ1v) is 5.80. The number of hydrogen-bond acceptors (Lipinski definition) is 5. The van der Waals surface area contributed by atoms with Crippen molar-refractivity contribution in [2.24, 2.45) is 0 Å². The largest absolute Gasteiger partial charge is 0.478 e. The molecule has 0 amide bonds. The fraction of sp³-hybridized carbons (Fsp3) is 0.308. The first kappa shape index (κ1) is 14.7. The van der Waals surface area contributed by atoms with Gasteiger partial charge in [-0.1, -0.05) is 6.07 Å². The smallest absolute Gasteiger partial charge is 0.333 e. The minimum atomic E-state index is -1.17. The standard InChI is InChI=1S/C13H16N2O4/c1-3-19-11(16)7-10(13(17)18)8-15-12-9(2)5-4-6-14-12/h4-6,8H,3,7H2,1-2H3,(H,14,15)(H,17,18)/b10-8-. The van der Waals surface area contributed by atoms with Crippen LogP contribution in [0.2, 0.25) is 0 Å². The first-order chi connectivity index (χ1) is 9.04. The molecule has 2 N–H and O–H groups in total. The van der Waals surface area contributed by atoms with Crippen molar-refractivity contribution >= 4 is 17.8 Å². The molecule has 0 radical (unpaired) electrons. The Morgan fingerprint density at radius 1 is 1.53 bits per heavy atom. The summed E-state index contributed by atoms with van der Waals surface area (Å²) in [5, 5.41) is 11.8. The van der Waals surface area contributed by atoms with Crippen LogP contribution in [0.3, 0.4) is 0 Å². The van der Waals surface area contributed by atoms with Gasteiger partial charge in [0.25, 0.3) is 0 Å². The number of esters is 1. The molecular weight excluding hydrogens is 248 g/mol. The molecule has 1 aromatic rings. The van der Waals surface area contributed by atoms with Crippen molar-refractivity contribution in [3.63, 3.8) is 0 Å². The molecule has 0 aliphatic carbocycles. The zero-order valence-electron chi connectivity index (χ0n) is 10.8. The number of hydrogen-bond donors (Lipinski definition) is 2. The van der Waals surface area contributed by atoms with E-state index in [1.807, 2.05) is 13.0 Å². The molecule has 0 saturated heterocycles. The van der Waals surface area contributed by atoms with Crippen LogP contribution in [0.4, 0.5) is 5.82 Å². The van der Waals surface area contributed by atoms with Crippen LogP contribution in [0, 0.1) is 6.92 Å². The summed E-state index contributed by atoms with van der Waals surface area (Å²) in [6.45, 7) is 3.73. The number of nitrogens with one attached hydrogen (secondary N) is 1. The molecular formula is C13H16N2O4. The van der Waals surface area contributed by atoms with Crippen LogP contribution in [-0.2, 0) is 14.3 Å². The normalized spacial score (nSPS) is 10.9. The third-order valence-electron chi connectivity index (χ3n) is 2.31. The summed E-state index contributed by atoms with van der Waals surface area (Å²) in [6, 6.07) is 3.62. The second-order valence-electron chi connectivity index (χ2n) is 3.77. The van der Waals surface area contributed by atoms with Gasteiger partial charge in [-0.15, -0.1) is 0 Å². The second kappa shape index (κ2) is 7.15. The van der Waals surface area contributed by atoms with Crippen LogP contribution in [0.5, 0.6) is 0 Å². The summed E-state index contributed by atoms with van der Waals surface area (Å²) < 4.78 is 4.71. The van der Waals surface area contributed by atoms with Crippen molar-refractivity contribution in [3.05, 3.63) is 35.7 Å². The second-order valence-corrected chi connectivity index (χ2v) is 3.77. The zero-order valence-corrected chi connectivity index (χ0v) is 10.8. The van der Waals surface area contributed by atoms with Gasteiger partial charge in [0.05, 0.1) is 18.6 Å². The number of pyridine rings is 1. The molecule has 0 aliphatic rings. The van der Waals surface area contributed by atoms with Gasteiger partial charge in [-0.3, -0.25) is 4.79 Å². The van der Waals surface area contributed by atoms with E-state index in [1.165, 1.54) is 6.20 Å². The topological polar surface area (TPSA) is 88.5 Å². The Labute approximate surface area is 111 Å². The predicted octanol–water partition coefficient (Wildman–Crippen LogP) is 1.72. The van der Waals surface area contributed by atoms with Gasteiger partial charge in [-0.2, -0.15) is 0 Å². The molecule has 1 rings (SSSR count). The molecule has 19 heavy (non-hydrogen) atoms. The number of rotatable bonds is 6. The van der Waals surface area contributed by atoms with Crippen molar-refractivity contribution < 1.29 is 19.4 Å². The average Bonchev–Trinajstić information content (AvgIpc) is 2.36. The third kappa shape index (κ3) is 4.79. The van der Waals surface area contributed by atoms with Crippen LogP contribution in [0.1, 0.15) is 18.9 Å². The monoisotopic (exact) mass is 264 g/mol. The molecule has 6 heteroatoms. The molecule has 0 bridgehead atoms. The minimum absolute atomic E-state index is 0.0801. The zero-order chi connectivity index (χ0) is 14.3. The SMILES string of the molecule is CCOC(=O)C/C(=C/Nc1ncccc1C)C(=O)O. The number of ether oxygens (including phenoxy) is 1. The Hall–Kier alpha value is -2.37. The van der Waals surface area contributed by atoms with Gasteiger partial charge in [-0.05, 0) is 25.5 Å². The van der Waals surface area contributed by atoms with Crippen molar-refractivity contribution in [2.45, 2.75) is 20.3 Å². The van der Waals surface area contributed by atoms with E-state index in [2.05, 4.69) is 10.3 Å². The van der Waals surface area contributed by atoms with Crippen molar-refractivity contribution in [1.29, 1.82) is 0 Å². The number of nitrogens with zero attached hydrogens (tertiary/aromatic N) is 1. The number of carboxylic acid groups (broad SMARTS) is 1. The third-order valence-corrected chi connectivity index (χ3v) is 2.31. The lowest BCUT2D eigenvalue weighted by atomic mass is 10.2. The molecule has 0 aliphatic heterocycles. The number of aliphatic carboxylic acids is 1. The highest BCUT2D eigenvalue weighted by atomic mass is 16.5. The summed E-state index contributed by atoms with van der Waals surface area (Å²) in [6.07, 6.45) is 2.56. The minimum Gasteiger partial charge on any atom is -0.478 e. The number of aromatic nitrogens is 1. The highest BCUT2D eigenvalue weighted by molar-refractivity contribution is 5.92. The molecule has 1 heterocycles. The summed E-state index contributed by atoms with van der Waals surface area (Å²) in [4.78, 5) is 26.3. The molecule has 6 nitrogen and oxygen atoms in total. The first-order valence-electron chi connectivity index (χ1n) is 5.80. The van der Waals surface area contributed by atoms with Gasteiger partial charge in [0, 0.05) is 12.4 Å². The van der Waals surface area contributed by atoms with Gasteiger partial charge in [0.15, 0.2) is 0 Å². The average molecular weight is 264 g/mol. The van der Waals surface area contributed by atoms with E-state index in [1.54, 1.807) is 19.2 Å². The van der Waals surface area contributed by atoms with Crippen LogP contribution in [0.15, 0.2) is 30.1 Å².